The van der Waals surface area contributed by atoms with Gasteiger partial charge in [-0.25, -0.2) is 0 Å². The lowest BCUT2D eigenvalue weighted by Crippen LogP contribution is -2.63. The second-order valence-corrected chi connectivity index (χ2v) is 7.52. The number of halogens is 1. The van der Waals surface area contributed by atoms with Crippen molar-refractivity contribution >= 4 is 11.6 Å². The number of benzene rings is 2. The van der Waals surface area contributed by atoms with Gasteiger partial charge in [-0.1, -0.05) is 48.9 Å². The summed E-state index contributed by atoms with van der Waals surface area (Å²) in [7, 11) is 0. The molecule has 1 fully saturated rings. The fourth-order valence-corrected chi connectivity index (χ4v) is 3.62. The first-order valence-electron chi connectivity index (χ1n) is 9.22. The Balaban J connectivity index is 1.92. The zero-order valence-electron chi connectivity index (χ0n) is 15.5. The van der Waals surface area contributed by atoms with Crippen LogP contribution in [-0.4, -0.2) is 56.6 Å². The van der Waals surface area contributed by atoms with Crippen LogP contribution in [0.5, 0.6) is 0 Å². The average molecular weight is 409 g/mol. The van der Waals surface area contributed by atoms with E-state index >= 15 is 0 Å². The Kier molecular flexibility index (Phi) is 6.41. The molecule has 0 saturated carbocycles. The molecule has 1 aliphatic rings. The van der Waals surface area contributed by atoms with Crippen molar-refractivity contribution in [2.24, 2.45) is 0 Å². The predicted octanol–water partition coefficient (Wildman–Crippen LogP) is 1.11. The first kappa shape index (κ1) is 21.2. The van der Waals surface area contributed by atoms with Crippen molar-refractivity contribution in [1.82, 2.24) is 0 Å². The van der Waals surface area contributed by atoms with Gasteiger partial charge in [0.05, 0.1) is 6.61 Å². The lowest BCUT2D eigenvalue weighted by Gasteiger charge is -2.45. The molecule has 0 radical (unpaired) electrons. The fourth-order valence-electron chi connectivity index (χ4n) is 3.44. The standard InChI is InChI=1S/C21H25ClO6/c1-2-12-3-5-13(6-4-12)9-14-10-15(7-8-16(14)22)21(27)20(26)19(25)18(24)17(11-23)28-21/h3-8,10,17-20,23-27H,2,9,11H2,1H3. The van der Waals surface area contributed by atoms with E-state index in [0.717, 1.165) is 12.0 Å². The highest BCUT2D eigenvalue weighted by Gasteiger charge is 2.53. The molecule has 0 spiro atoms. The van der Waals surface area contributed by atoms with Gasteiger partial charge in [-0.15, -0.1) is 0 Å². The first-order chi connectivity index (χ1) is 13.3. The molecule has 6 nitrogen and oxygen atoms in total. The van der Waals surface area contributed by atoms with Crippen LogP contribution in [-0.2, 0) is 23.4 Å². The zero-order valence-corrected chi connectivity index (χ0v) is 16.3. The molecule has 0 aliphatic carbocycles. The summed E-state index contributed by atoms with van der Waals surface area (Å²) in [5.74, 6) is -2.29. The van der Waals surface area contributed by atoms with Gasteiger partial charge in [0.2, 0.25) is 5.79 Å². The highest BCUT2D eigenvalue weighted by Crippen LogP contribution is 2.37. The van der Waals surface area contributed by atoms with Gasteiger partial charge >= 0.3 is 0 Å². The van der Waals surface area contributed by atoms with Gasteiger partial charge < -0.3 is 30.3 Å². The van der Waals surface area contributed by atoms with Gasteiger partial charge in [0.1, 0.15) is 24.4 Å². The van der Waals surface area contributed by atoms with Crippen LogP contribution in [0.25, 0.3) is 0 Å². The largest absolute Gasteiger partial charge is 0.394 e. The van der Waals surface area contributed by atoms with E-state index in [1.165, 1.54) is 11.6 Å². The smallest absolute Gasteiger partial charge is 0.222 e. The van der Waals surface area contributed by atoms with Gasteiger partial charge in [-0.2, -0.15) is 0 Å². The molecule has 5 unspecified atom stereocenters. The fraction of sp³-hybridized carbons (Fsp3) is 0.429. The average Bonchev–Trinajstić information content (AvgIpc) is 2.71. The summed E-state index contributed by atoms with van der Waals surface area (Å²) in [5.41, 5.74) is 3.12. The summed E-state index contributed by atoms with van der Waals surface area (Å²) in [4.78, 5) is 0. The topological polar surface area (TPSA) is 110 Å². The van der Waals surface area contributed by atoms with Gasteiger partial charge in [-0.05, 0) is 41.7 Å². The highest BCUT2D eigenvalue weighted by atomic mass is 35.5. The third-order valence-electron chi connectivity index (χ3n) is 5.25. The van der Waals surface area contributed by atoms with E-state index in [0.29, 0.717) is 17.0 Å². The molecule has 0 aromatic heterocycles. The number of ether oxygens (including phenoxy) is 1. The third-order valence-corrected chi connectivity index (χ3v) is 5.62. The Morgan fingerprint density at radius 3 is 2.25 bits per heavy atom. The van der Waals surface area contributed by atoms with E-state index in [1.807, 2.05) is 24.3 Å². The molecule has 2 aromatic rings. The number of rotatable bonds is 5. The van der Waals surface area contributed by atoms with Gasteiger partial charge in [0, 0.05) is 10.6 Å². The van der Waals surface area contributed by atoms with Crippen molar-refractivity contribution < 1.29 is 30.3 Å². The molecule has 1 aliphatic heterocycles. The SMILES string of the molecule is CCc1ccc(Cc2cc(C3(O)OC(CO)C(O)C(O)C3O)ccc2Cl)cc1. The minimum atomic E-state index is -2.29. The zero-order chi connectivity index (χ0) is 20.5. The Morgan fingerprint density at radius 2 is 1.64 bits per heavy atom. The number of hydrogen-bond donors (Lipinski definition) is 5. The third kappa shape index (κ3) is 3.95. The monoisotopic (exact) mass is 408 g/mol. The highest BCUT2D eigenvalue weighted by molar-refractivity contribution is 6.31. The maximum atomic E-state index is 11.0. The molecule has 152 valence electrons. The molecular formula is C21H25ClO6. The number of aliphatic hydroxyl groups excluding tert-OH is 4. The predicted molar refractivity (Wildman–Crippen MR) is 104 cm³/mol. The van der Waals surface area contributed by atoms with Crippen LogP contribution >= 0.6 is 11.6 Å². The number of aryl methyl sites for hydroxylation is 1. The Labute approximate surface area is 168 Å². The van der Waals surface area contributed by atoms with E-state index < -0.39 is 36.8 Å². The van der Waals surface area contributed by atoms with E-state index in [2.05, 4.69) is 6.92 Å². The van der Waals surface area contributed by atoms with Gasteiger partial charge in [0.15, 0.2) is 0 Å². The normalized spacial score (nSPS) is 30.4. The minimum Gasteiger partial charge on any atom is -0.394 e. The summed E-state index contributed by atoms with van der Waals surface area (Å²) in [6.07, 6.45) is -4.82. The van der Waals surface area contributed by atoms with Crippen LogP contribution in [0.3, 0.4) is 0 Å². The maximum Gasteiger partial charge on any atom is 0.222 e. The van der Waals surface area contributed by atoms with E-state index in [1.54, 1.807) is 12.1 Å². The molecule has 2 aromatic carbocycles. The van der Waals surface area contributed by atoms with Gasteiger partial charge in [-0.3, -0.25) is 0 Å². The van der Waals surface area contributed by atoms with Crippen LogP contribution in [0.1, 0.15) is 29.2 Å². The summed E-state index contributed by atoms with van der Waals surface area (Å²) in [5, 5.41) is 51.1. The summed E-state index contributed by atoms with van der Waals surface area (Å²) < 4.78 is 5.38. The van der Waals surface area contributed by atoms with Crippen molar-refractivity contribution in [3.05, 3.63) is 69.7 Å². The Hall–Kier alpha value is -1.51. The van der Waals surface area contributed by atoms with Crippen molar-refractivity contribution in [1.29, 1.82) is 0 Å². The molecular weight excluding hydrogens is 384 g/mol. The number of aliphatic hydroxyl groups is 5. The van der Waals surface area contributed by atoms with Crippen LogP contribution in [0.2, 0.25) is 5.02 Å². The number of hydrogen-bond acceptors (Lipinski definition) is 6. The van der Waals surface area contributed by atoms with Crippen LogP contribution in [0.15, 0.2) is 42.5 Å². The summed E-state index contributed by atoms with van der Waals surface area (Å²) in [6.45, 7) is 1.45. The quantitative estimate of drug-likeness (QED) is 0.507. The molecule has 1 saturated heterocycles. The van der Waals surface area contributed by atoms with Crippen LogP contribution in [0, 0.1) is 0 Å². The Morgan fingerprint density at radius 1 is 1.00 bits per heavy atom. The van der Waals surface area contributed by atoms with Crippen molar-refractivity contribution in [2.75, 3.05) is 6.61 Å². The molecule has 5 N–H and O–H groups in total. The molecule has 5 atom stereocenters. The minimum absolute atomic E-state index is 0.175. The maximum absolute atomic E-state index is 11.0. The molecule has 0 bridgehead atoms. The Bertz CT molecular complexity index is 809. The molecule has 0 amide bonds. The summed E-state index contributed by atoms with van der Waals surface area (Å²) >= 11 is 6.32. The van der Waals surface area contributed by atoms with E-state index in [-0.39, 0.29) is 5.56 Å². The second kappa shape index (κ2) is 8.47. The first-order valence-corrected chi connectivity index (χ1v) is 9.60. The van der Waals surface area contributed by atoms with Crippen molar-refractivity contribution in [2.45, 2.75) is 50.0 Å². The second-order valence-electron chi connectivity index (χ2n) is 7.11. The molecule has 7 heteroatoms. The summed E-state index contributed by atoms with van der Waals surface area (Å²) in [6, 6.07) is 12.7. The molecule has 1 heterocycles. The van der Waals surface area contributed by atoms with Crippen LogP contribution < -0.4 is 0 Å². The van der Waals surface area contributed by atoms with Gasteiger partial charge in [0.25, 0.3) is 0 Å². The van der Waals surface area contributed by atoms with Crippen molar-refractivity contribution in [3.63, 3.8) is 0 Å². The van der Waals surface area contributed by atoms with Crippen LogP contribution in [0.4, 0.5) is 0 Å². The van der Waals surface area contributed by atoms with E-state index in [4.69, 9.17) is 16.3 Å². The molecule has 28 heavy (non-hydrogen) atoms. The van der Waals surface area contributed by atoms with E-state index in [9.17, 15) is 25.5 Å². The lowest BCUT2D eigenvalue weighted by atomic mass is 9.87. The van der Waals surface area contributed by atoms with Crippen molar-refractivity contribution in [3.8, 4) is 0 Å². The lowest BCUT2D eigenvalue weighted by molar-refractivity contribution is -0.357. The molecule has 3 rings (SSSR count).